The van der Waals surface area contributed by atoms with Crippen LogP contribution in [0.2, 0.25) is 5.02 Å². The lowest BCUT2D eigenvalue weighted by Gasteiger charge is -2.13. The first-order valence-electron chi connectivity index (χ1n) is 6.54. The van der Waals surface area contributed by atoms with Crippen LogP contribution in [0.5, 0.6) is 0 Å². The quantitative estimate of drug-likeness (QED) is 0.533. The van der Waals surface area contributed by atoms with Gasteiger partial charge >= 0.3 is 0 Å². The van der Waals surface area contributed by atoms with Crippen LogP contribution in [-0.2, 0) is 4.79 Å². The van der Waals surface area contributed by atoms with Gasteiger partial charge in [-0.1, -0.05) is 18.5 Å². The third-order valence-electron chi connectivity index (χ3n) is 2.89. The van der Waals surface area contributed by atoms with Crippen molar-refractivity contribution in [3.05, 3.63) is 23.2 Å². The van der Waals surface area contributed by atoms with Crippen molar-refractivity contribution in [1.82, 2.24) is 0 Å². The zero-order chi connectivity index (χ0) is 15.1. The predicted octanol–water partition coefficient (Wildman–Crippen LogP) is 3.14. The number of nitrogen functional groups attached to an aromatic ring is 1. The second kappa shape index (κ2) is 8.39. The molecule has 2 atom stereocenters. The summed E-state index contributed by atoms with van der Waals surface area (Å²) in [5.74, 6) is 0.805. The van der Waals surface area contributed by atoms with E-state index in [1.165, 1.54) is 0 Å². The summed E-state index contributed by atoms with van der Waals surface area (Å²) in [4.78, 5) is 11.7. The van der Waals surface area contributed by atoms with E-state index in [0.717, 1.165) is 12.2 Å². The van der Waals surface area contributed by atoms with Gasteiger partial charge in [0, 0.05) is 17.4 Å². The smallest absolute Gasteiger partial charge is 0.224 e. The van der Waals surface area contributed by atoms with E-state index in [9.17, 15) is 9.90 Å². The van der Waals surface area contributed by atoms with Gasteiger partial charge in [0.15, 0.2) is 0 Å². The van der Waals surface area contributed by atoms with Gasteiger partial charge in [0.05, 0.1) is 16.8 Å². The minimum absolute atomic E-state index is 0.0444. The van der Waals surface area contributed by atoms with Crippen molar-refractivity contribution in [3.8, 4) is 0 Å². The SMILES string of the molecule is CC(O)C(C)SCCCC(=O)Nc1ccc(Cl)c(N)c1. The van der Waals surface area contributed by atoms with Crippen LogP contribution in [0.3, 0.4) is 0 Å². The van der Waals surface area contributed by atoms with E-state index in [1.807, 2.05) is 6.92 Å². The fourth-order valence-electron chi connectivity index (χ4n) is 1.49. The highest BCUT2D eigenvalue weighted by atomic mass is 35.5. The number of hydrogen-bond acceptors (Lipinski definition) is 4. The molecule has 0 aliphatic carbocycles. The highest BCUT2D eigenvalue weighted by Crippen LogP contribution is 2.22. The summed E-state index contributed by atoms with van der Waals surface area (Å²) in [6.07, 6.45) is 0.893. The van der Waals surface area contributed by atoms with E-state index >= 15 is 0 Å². The molecule has 6 heteroatoms. The molecule has 0 heterocycles. The highest BCUT2D eigenvalue weighted by Gasteiger charge is 2.09. The molecule has 0 saturated carbocycles. The van der Waals surface area contributed by atoms with Gasteiger partial charge in [-0.3, -0.25) is 4.79 Å². The van der Waals surface area contributed by atoms with Crippen LogP contribution < -0.4 is 11.1 Å². The van der Waals surface area contributed by atoms with Gasteiger partial charge in [-0.2, -0.15) is 11.8 Å². The maximum atomic E-state index is 11.7. The molecule has 0 aliphatic rings. The Kier molecular flexibility index (Phi) is 7.19. The number of aliphatic hydroxyl groups is 1. The zero-order valence-corrected chi connectivity index (χ0v) is 13.3. The standard InChI is InChI=1S/C14H21ClN2O2S/c1-9(18)10(2)20-7-3-4-14(19)17-11-5-6-12(15)13(16)8-11/h5-6,8-10,18H,3-4,7,16H2,1-2H3,(H,17,19). The third-order valence-corrected chi connectivity index (χ3v) is 4.68. The van der Waals surface area contributed by atoms with Gasteiger partial charge in [0.1, 0.15) is 0 Å². The number of nitrogens with one attached hydrogen (secondary N) is 1. The van der Waals surface area contributed by atoms with Crippen molar-refractivity contribution < 1.29 is 9.90 Å². The number of hydrogen-bond donors (Lipinski definition) is 3. The normalized spacial score (nSPS) is 13.8. The van der Waals surface area contributed by atoms with Crippen molar-refractivity contribution in [1.29, 1.82) is 0 Å². The maximum absolute atomic E-state index is 11.7. The van der Waals surface area contributed by atoms with Gasteiger partial charge in [0.25, 0.3) is 0 Å². The number of anilines is 2. The minimum Gasteiger partial charge on any atom is -0.397 e. The number of carbonyl (C=O) groups is 1. The summed E-state index contributed by atoms with van der Waals surface area (Å²) in [5, 5.41) is 12.8. The number of thioether (sulfide) groups is 1. The van der Waals surface area contributed by atoms with Crippen LogP contribution in [0.25, 0.3) is 0 Å². The molecule has 4 N–H and O–H groups in total. The van der Waals surface area contributed by atoms with Gasteiger partial charge in [0.2, 0.25) is 5.91 Å². The molecule has 0 aliphatic heterocycles. The van der Waals surface area contributed by atoms with E-state index in [1.54, 1.807) is 36.9 Å². The van der Waals surface area contributed by atoms with Gasteiger partial charge < -0.3 is 16.2 Å². The monoisotopic (exact) mass is 316 g/mol. The van der Waals surface area contributed by atoms with Crippen molar-refractivity contribution >= 4 is 40.6 Å². The summed E-state index contributed by atoms with van der Waals surface area (Å²) in [7, 11) is 0. The van der Waals surface area contributed by atoms with Crippen LogP contribution in [0, 0.1) is 0 Å². The molecule has 0 fully saturated rings. The maximum Gasteiger partial charge on any atom is 0.224 e. The van der Waals surface area contributed by atoms with Gasteiger partial charge in [-0.25, -0.2) is 0 Å². The molecule has 0 bridgehead atoms. The number of carbonyl (C=O) groups excluding carboxylic acids is 1. The number of benzene rings is 1. The number of rotatable bonds is 7. The molecule has 20 heavy (non-hydrogen) atoms. The third kappa shape index (κ3) is 6.03. The van der Waals surface area contributed by atoms with Crippen LogP contribution in [-0.4, -0.2) is 28.1 Å². The fraction of sp³-hybridized carbons (Fsp3) is 0.500. The van der Waals surface area contributed by atoms with Crippen LogP contribution in [0.4, 0.5) is 11.4 Å². The average Bonchev–Trinajstić information content (AvgIpc) is 2.38. The van der Waals surface area contributed by atoms with E-state index in [2.05, 4.69) is 5.32 Å². The summed E-state index contributed by atoms with van der Waals surface area (Å²) in [5.41, 5.74) is 6.77. The largest absolute Gasteiger partial charge is 0.397 e. The van der Waals surface area contributed by atoms with Gasteiger partial charge in [-0.15, -0.1) is 0 Å². The predicted molar refractivity (Wildman–Crippen MR) is 87.3 cm³/mol. The first-order chi connectivity index (χ1) is 9.40. The summed E-state index contributed by atoms with van der Waals surface area (Å²) >= 11 is 7.48. The minimum atomic E-state index is -0.328. The molecule has 0 aromatic heterocycles. The zero-order valence-electron chi connectivity index (χ0n) is 11.7. The Balaban J connectivity index is 2.28. The lowest BCUT2D eigenvalue weighted by Crippen LogP contribution is -2.16. The Morgan fingerprint density at radius 2 is 2.20 bits per heavy atom. The van der Waals surface area contributed by atoms with E-state index in [4.69, 9.17) is 17.3 Å². The Labute approximate surface area is 129 Å². The van der Waals surface area contributed by atoms with E-state index < -0.39 is 0 Å². The Morgan fingerprint density at radius 1 is 1.50 bits per heavy atom. The molecule has 4 nitrogen and oxygen atoms in total. The first-order valence-corrected chi connectivity index (χ1v) is 7.97. The fourth-order valence-corrected chi connectivity index (χ4v) is 2.57. The number of amides is 1. The lowest BCUT2D eigenvalue weighted by atomic mass is 10.2. The average molecular weight is 317 g/mol. The molecule has 0 radical (unpaired) electrons. The molecular weight excluding hydrogens is 296 g/mol. The molecule has 1 aromatic carbocycles. The van der Waals surface area contributed by atoms with Crippen molar-refractivity contribution in [2.24, 2.45) is 0 Å². The van der Waals surface area contributed by atoms with Gasteiger partial charge in [-0.05, 0) is 37.3 Å². The van der Waals surface area contributed by atoms with Crippen molar-refractivity contribution in [3.63, 3.8) is 0 Å². The molecule has 112 valence electrons. The second-order valence-corrected chi connectivity index (χ2v) is 6.60. The Morgan fingerprint density at radius 3 is 2.80 bits per heavy atom. The lowest BCUT2D eigenvalue weighted by molar-refractivity contribution is -0.116. The highest BCUT2D eigenvalue weighted by molar-refractivity contribution is 7.99. The first kappa shape index (κ1) is 17.1. The van der Waals surface area contributed by atoms with E-state index in [0.29, 0.717) is 22.8 Å². The topological polar surface area (TPSA) is 75.3 Å². The summed E-state index contributed by atoms with van der Waals surface area (Å²) in [6.45, 7) is 3.75. The number of halogens is 1. The van der Waals surface area contributed by atoms with Crippen molar-refractivity contribution in [2.75, 3.05) is 16.8 Å². The van der Waals surface area contributed by atoms with Crippen LogP contribution in [0.1, 0.15) is 26.7 Å². The second-order valence-electron chi connectivity index (χ2n) is 4.70. The molecule has 1 aromatic rings. The summed E-state index contributed by atoms with van der Waals surface area (Å²) in [6, 6.07) is 5.03. The Bertz CT molecular complexity index is 455. The molecular formula is C14H21ClN2O2S. The molecule has 0 spiro atoms. The summed E-state index contributed by atoms with van der Waals surface area (Å²) < 4.78 is 0. The van der Waals surface area contributed by atoms with Crippen LogP contribution in [0.15, 0.2) is 18.2 Å². The van der Waals surface area contributed by atoms with E-state index in [-0.39, 0.29) is 17.3 Å². The molecule has 1 amide bonds. The van der Waals surface area contributed by atoms with Crippen LogP contribution >= 0.6 is 23.4 Å². The molecule has 1 rings (SSSR count). The number of nitrogens with two attached hydrogens (primary N) is 1. The number of aliphatic hydroxyl groups excluding tert-OH is 1. The molecule has 2 unspecified atom stereocenters. The Hall–Kier alpha value is -0.910. The molecule has 0 saturated heterocycles. The van der Waals surface area contributed by atoms with Crippen molar-refractivity contribution in [2.45, 2.75) is 38.0 Å².